The van der Waals surface area contributed by atoms with E-state index < -0.39 is 0 Å². The average molecular weight is 395 g/mol. The second-order valence-corrected chi connectivity index (χ2v) is 8.83. The third-order valence-electron chi connectivity index (χ3n) is 6.43. The van der Waals surface area contributed by atoms with E-state index >= 15 is 0 Å². The van der Waals surface area contributed by atoms with Crippen molar-refractivity contribution < 1.29 is 9.59 Å². The summed E-state index contributed by atoms with van der Waals surface area (Å²) in [6.45, 7) is 3.36. The number of benzene rings is 1. The zero-order chi connectivity index (χ0) is 20.4. The van der Waals surface area contributed by atoms with Gasteiger partial charge in [-0.1, -0.05) is 30.3 Å². The van der Waals surface area contributed by atoms with E-state index in [-0.39, 0.29) is 17.2 Å². The van der Waals surface area contributed by atoms with E-state index in [0.29, 0.717) is 24.7 Å². The number of nitrogens with zero attached hydrogens (tertiary/aromatic N) is 3. The van der Waals surface area contributed by atoms with Gasteiger partial charge >= 0.3 is 0 Å². The van der Waals surface area contributed by atoms with Crippen molar-refractivity contribution in [3.05, 3.63) is 59.9 Å². The molecule has 0 radical (unpaired) electrons. The van der Waals surface area contributed by atoms with Gasteiger partial charge in [0.15, 0.2) is 0 Å². The number of carbonyl (C=O) groups is 2. The summed E-state index contributed by atoms with van der Waals surface area (Å²) < 4.78 is 0. The largest absolute Gasteiger partial charge is 0.357 e. The van der Waals surface area contributed by atoms with Crippen LogP contribution in [-0.4, -0.2) is 78.3 Å². The summed E-state index contributed by atoms with van der Waals surface area (Å²) in [5, 5.41) is 0. The fourth-order valence-corrected chi connectivity index (χ4v) is 4.92. The summed E-state index contributed by atoms with van der Waals surface area (Å²) in [6, 6.07) is 14.2. The predicted octanol–water partition coefficient (Wildman–Crippen LogP) is 2.11. The lowest BCUT2D eigenvalue weighted by atomic mass is 9.76. The van der Waals surface area contributed by atoms with Crippen LogP contribution in [0.5, 0.6) is 0 Å². The van der Waals surface area contributed by atoms with Crippen LogP contribution in [0.2, 0.25) is 0 Å². The zero-order valence-electron chi connectivity index (χ0n) is 17.3. The van der Waals surface area contributed by atoms with E-state index in [4.69, 9.17) is 0 Å². The van der Waals surface area contributed by atoms with Crippen LogP contribution < -0.4 is 0 Å². The van der Waals surface area contributed by atoms with Crippen LogP contribution in [0.1, 0.15) is 22.5 Å². The van der Waals surface area contributed by atoms with Crippen LogP contribution in [0.3, 0.4) is 0 Å². The molecule has 1 aromatic carbocycles. The highest BCUT2D eigenvalue weighted by molar-refractivity contribution is 5.92. The third-order valence-corrected chi connectivity index (χ3v) is 6.43. The third kappa shape index (κ3) is 4.08. The molecule has 2 amide bonds. The Hall–Kier alpha value is -2.60. The van der Waals surface area contributed by atoms with Gasteiger partial charge in [0, 0.05) is 43.7 Å². The predicted molar refractivity (Wildman–Crippen MR) is 113 cm³/mol. The van der Waals surface area contributed by atoms with E-state index in [1.807, 2.05) is 47.0 Å². The van der Waals surface area contributed by atoms with Gasteiger partial charge in [-0.25, -0.2) is 0 Å². The van der Waals surface area contributed by atoms with E-state index in [9.17, 15) is 9.59 Å². The number of aromatic amines is 1. The minimum absolute atomic E-state index is 0.0277. The van der Waals surface area contributed by atoms with E-state index in [0.717, 1.165) is 32.5 Å². The van der Waals surface area contributed by atoms with Crippen molar-refractivity contribution in [3.63, 3.8) is 0 Å². The summed E-state index contributed by atoms with van der Waals surface area (Å²) in [6.07, 6.45) is 3.75. The van der Waals surface area contributed by atoms with Crippen LogP contribution >= 0.6 is 0 Å². The number of rotatable bonds is 6. The monoisotopic (exact) mass is 394 g/mol. The minimum atomic E-state index is -0.0277. The molecule has 0 spiro atoms. The Labute approximate surface area is 172 Å². The summed E-state index contributed by atoms with van der Waals surface area (Å²) in [5.41, 5.74) is 1.93. The normalized spacial score (nSPS) is 23.6. The van der Waals surface area contributed by atoms with Crippen molar-refractivity contribution in [1.82, 2.24) is 19.7 Å². The molecule has 2 saturated heterocycles. The highest BCUT2D eigenvalue weighted by Gasteiger charge is 2.54. The van der Waals surface area contributed by atoms with Crippen molar-refractivity contribution in [2.24, 2.45) is 11.3 Å². The smallest absolute Gasteiger partial charge is 0.270 e. The first-order chi connectivity index (χ1) is 14.0. The Bertz CT molecular complexity index is 849. The Morgan fingerprint density at radius 2 is 1.79 bits per heavy atom. The van der Waals surface area contributed by atoms with Crippen LogP contribution in [0.4, 0.5) is 0 Å². The van der Waals surface area contributed by atoms with Gasteiger partial charge in [-0.2, -0.15) is 0 Å². The van der Waals surface area contributed by atoms with Crippen molar-refractivity contribution in [3.8, 4) is 0 Å². The second kappa shape index (κ2) is 8.03. The highest BCUT2D eigenvalue weighted by atomic mass is 16.2. The number of aryl methyl sites for hydroxylation is 1. The first kappa shape index (κ1) is 19.7. The Balaban J connectivity index is 1.51. The highest BCUT2D eigenvalue weighted by Crippen LogP contribution is 2.46. The molecule has 2 aromatic rings. The van der Waals surface area contributed by atoms with Gasteiger partial charge in [-0.3, -0.25) is 9.59 Å². The molecule has 29 heavy (non-hydrogen) atoms. The molecule has 2 aliphatic rings. The van der Waals surface area contributed by atoms with Gasteiger partial charge in [0.25, 0.3) is 5.91 Å². The number of fused-ring (bicyclic) bond motifs is 1. The van der Waals surface area contributed by atoms with Crippen LogP contribution in [-0.2, 0) is 11.2 Å². The van der Waals surface area contributed by atoms with Crippen molar-refractivity contribution >= 4 is 11.8 Å². The molecule has 4 rings (SSSR count). The van der Waals surface area contributed by atoms with E-state index in [1.54, 1.807) is 6.20 Å². The molecule has 154 valence electrons. The Morgan fingerprint density at radius 3 is 2.48 bits per heavy atom. The molecule has 2 fully saturated rings. The maximum atomic E-state index is 12.9. The van der Waals surface area contributed by atoms with Gasteiger partial charge in [-0.05, 0) is 44.6 Å². The van der Waals surface area contributed by atoms with Gasteiger partial charge in [0.1, 0.15) is 5.69 Å². The Morgan fingerprint density at radius 1 is 1.07 bits per heavy atom. The number of H-pyrrole nitrogens is 1. The van der Waals surface area contributed by atoms with Crippen LogP contribution in [0, 0.1) is 11.3 Å². The van der Waals surface area contributed by atoms with Crippen molar-refractivity contribution in [2.45, 2.75) is 12.8 Å². The maximum absolute atomic E-state index is 12.9. The summed E-state index contributed by atoms with van der Waals surface area (Å²) >= 11 is 0. The zero-order valence-corrected chi connectivity index (χ0v) is 17.3. The SMILES string of the molecule is CN(C)CC(=O)N1C[C@H]2CN(C(=O)c3ccc[nH]3)C[C@@]2(CCc2ccccc2)C1. The van der Waals surface area contributed by atoms with Gasteiger partial charge in [0.05, 0.1) is 6.54 Å². The summed E-state index contributed by atoms with van der Waals surface area (Å²) in [5.74, 6) is 0.580. The lowest BCUT2D eigenvalue weighted by molar-refractivity contribution is -0.131. The molecular weight excluding hydrogens is 364 g/mol. The van der Waals surface area contributed by atoms with Gasteiger partial charge < -0.3 is 19.7 Å². The van der Waals surface area contributed by atoms with Crippen molar-refractivity contribution in [2.75, 3.05) is 46.8 Å². The number of hydrogen-bond acceptors (Lipinski definition) is 3. The molecule has 0 unspecified atom stereocenters. The molecule has 2 aliphatic heterocycles. The average Bonchev–Trinajstić information content (AvgIpc) is 3.41. The van der Waals surface area contributed by atoms with Gasteiger partial charge in [-0.15, -0.1) is 0 Å². The summed E-state index contributed by atoms with van der Waals surface area (Å²) in [7, 11) is 3.85. The van der Waals surface area contributed by atoms with E-state index in [2.05, 4.69) is 29.2 Å². The molecular formula is C23H30N4O2. The van der Waals surface area contributed by atoms with Gasteiger partial charge in [0.2, 0.25) is 5.91 Å². The maximum Gasteiger partial charge on any atom is 0.270 e. The number of likely N-dealkylation sites (tertiary alicyclic amines) is 2. The van der Waals surface area contributed by atoms with E-state index in [1.165, 1.54) is 5.56 Å². The topological polar surface area (TPSA) is 59.7 Å². The first-order valence-corrected chi connectivity index (χ1v) is 10.4. The molecule has 1 N–H and O–H groups in total. The molecule has 0 bridgehead atoms. The fraction of sp³-hybridized carbons (Fsp3) is 0.478. The molecule has 6 nitrogen and oxygen atoms in total. The number of hydrogen-bond donors (Lipinski definition) is 1. The van der Waals surface area contributed by atoms with Crippen molar-refractivity contribution in [1.29, 1.82) is 0 Å². The second-order valence-electron chi connectivity index (χ2n) is 8.83. The lowest BCUT2D eigenvalue weighted by Gasteiger charge is -2.30. The number of carbonyl (C=O) groups excluding carboxylic acids is 2. The number of nitrogens with one attached hydrogen (secondary N) is 1. The quantitative estimate of drug-likeness (QED) is 0.816. The number of amides is 2. The summed E-state index contributed by atoms with van der Waals surface area (Å²) in [4.78, 5) is 34.6. The fourth-order valence-electron chi connectivity index (χ4n) is 4.92. The molecule has 0 saturated carbocycles. The van der Waals surface area contributed by atoms with Crippen LogP contribution in [0.25, 0.3) is 0 Å². The standard InChI is InChI=1S/C23H30N4O2/c1-25(2)15-21(28)26-13-19-14-27(22(29)20-9-6-12-24-20)17-23(19,16-26)11-10-18-7-4-3-5-8-18/h3-9,12,19,24H,10-11,13-17H2,1-2H3/t19-,23+/m0/s1. The number of aromatic nitrogens is 1. The molecule has 1 aromatic heterocycles. The van der Waals surface area contributed by atoms with Crippen LogP contribution in [0.15, 0.2) is 48.7 Å². The number of likely N-dealkylation sites (N-methyl/N-ethyl adjacent to an activating group) is 1. The molecule has 6 heteroatoms. The minimum Gasteiger partial charge on any atom is -0.357 e. The molecule has 2 atom stereocenters. The first-order valence-electron chi connectivity index (χ1n) is 10.4. The lowest BCUT2D eigenvalue weighted by Crippen LogP contribution is -2.41. The Kier molecular flexibility index (Phi) is 5.46. The molecule has 0 aliphatic carbocycles. The molecule has 3 heterocycles.